The van der Waals surface area contributed by atoms with Gasteiger partial charge in [-0.1, -0.05) is 30.4 Å². The van der Waals surface area contributed by atoms with Crippen molar-refractivity contribution in [2.45, 2.75) is 38.5 Å². The first-order valence-corrected chi connectivity index (χ1v) is 11.0. The van der Waals surface area contributed by atoms with Crippen molar-refractivity contribution in [3.05, 3.63) is 29.1 Å². The van der Waals surface area contributed by atoms with Crippen LogP contribution in [-0.2, 0) is 14.4 Å². The number of unbranched alkanes of at least 4 members (excludes halogenated alkanes) is 2. The van der Waals surface area contributed by atoms with E-state index in [4.69, 9.17) is 21.7 Å². The molecule has 1 aromatic heterocycles. The molecule has 0 spiro atoms. The van der Waals surface area contributed by atoms with Crippen molar-refractivity contribution >= 4 is 52.2 Å². The molecule has 0 radical (unpaired) electrons. The van der Waals surface area contributed by atoms with Gasteiger partial charge in [0, 0.05) is 32.1 Å². The monoisotopic (exact) mass is 436 g/mol. The number of hydrogen-bond acceptors (Lipinski definition) is 6. The van der Waals surface area contributed by atoms with E-state index in [2.05, 4.69) is 0 Å². The Balaban J connectivity index is 1.35. The molecule has 156 valence electrons. The number of likely N-dealkylation sites (tertiary alicyclic amines) is 1. The van der Waals surface area contributed by atoms with E-state index in [0.29, 0.717) is 53.9 Å². The Morgan fingerprint density at radius 1 is 1.28 bits per heavy atom. The van der Waals surface area contributed by atoms with Gasteiger partial charge < -0.3 is 14.4 Å². The fraction of sp³-hybridized carbons (Fsp3) is 0.500. The Bertz CT molecular complexity index is 798. The first-order chi connectivity index (χ1) is 14.0. The van der Waals surface area contributed by atoms with Crippen LogP contribution in [0.5, 0.6) is 0 Å². The Morgan fingerprint density at radius 3 is 2.69 bits per heavy atom. The third-order valence-electron chi connectivity index (χ3n) is 5.16. The molecule has 0 aromatic carbocycles. The van der Waals surface area contributed by atoms with Gasteiger partial charge in [0.1, 0.15) is 10.1 Å². The number of amides is 2. The molecule has 1 aromatic rings. The molecule has 9 heteroatoms. The van der Waals surface area contributed by atoms with Crippen LogP contribution in [0.1, 0.15) is 44.3 Å². The quantitative estimate of drug-likeness (QED) is 0.379. The van der Waals surface area contributed by atoms with Crippen LogP contribution in [0.15, 0.2) is 27.7 Å². The van der Waals surface area contributed by atoms with Crippen LogP contribution in [0.3, 0.4) is 0 Å². The van der Waals surface area contributed by atoms with E-state index in [0.717, 1.165) is 19.3 Å². The molecule has 0 bridgehead atoms. The number of thioether (sulfide) groups is 1. The van der Waals surface area contributed by atoms with Gasteiger partial charge in [0.15, 0.2) is 0 Å². The molecule has 2 aliphatic heterocycles. The maximum absolute atomic E-state index is 12.5. The van der Waals surface area contributed by atoms with Crippen LogP contribution in [0, 0.1) is 5.92 Å². The summed E-state index contributed by atoms with van der Waals surface area (Å²) in [5, 5.41) is 9.02. The van der Waals surface area contributed by atoms with Gasteiger partial charge in [0.05, 0.1) is 17.1 Å². The SMILES string of the molecule is O=C(O)C1CCN(C(=O)CCCCCN2C(=O)/C(=C/c3ccco3)SC2=S)CC1. The van der Waals surface area contributed by atoms with Gasteiger partial charge in [-0.2, -0.15) is 0 Å². The van der Waals surface area contributed by atoms with Crippen LogP contribution in [0.2, 0.25) is 0 Å². The topological polar surface area (TPSA) is 91.1 Å². The van der Waals surface area contributed by atoms with Crippen molar-refractivity contribution in [2.75, 3.05) is 19.6 Å². The molecule has 3 heterocycles. The van der Waals surface area contributed by atoms with Crippen molar-refractivity contribution in [3.63, 3.8) is 0 Å². The number of thiocarbonyl (C=S) groups is 1. The Morgan fingerprint density at radius 2 is 2.03 bits per heavy atom. The van der Waals surface area contributed by atoms with Crippen LogP contribution in [-0.4, -0.2) is 56.6 Å². The third-order valence-corrected chi connectivity index (χ3v) is 6.54. The summed E-state index contributed by atoms with van der Waals surface area (Å²) in [6, 6.07) is 3.55. The lowest BCUT2D eigenvalue weighted by atomic mass is 9.97. The lowest BCUT2D eigenvalue weighted by Crippen LogP contribution is -2.40. The van der Waals surface area contributed by atoms with E-state index in [1.807, 2.05) is 0 Å². The van der Waals surface area contributed by atoms with Crippen LogP contribution in [0.4, 0.5) is 0 Å². The number of carbonyl (C=O) groups excluding carboxylic acids is 2. The molecular weight excluding hydrogens is 412 g/mol. The zero-order chi connectivity index (χ0) is 20.8. The summed E-state index contributed by atoms with van der Waals surface area (Å²) in [5.41, 5.74) is 0. The van der Waals surface area contributed by atoms with Crippen LogP contribution < -0.4 is 0 Å². The van der Waals surface area contributed by atoms with Crippen molar-refractivity contribution < 1.29 is 23.9 Å². The molecular formula is C20H24N2O5S2. The number of hydrogen-bond donors (Lipinski definition) is 1. The predicted molar refractivity (Wildman–Crippen MR) is 114 cm³/mol. The second kappa shape index (κ2) is 10.1. The highest BCUT2D eigenvalue weighted by atomic mass is 32.2. The zero-order valence-electron chi connectivity index (χ0n) is 16.0. The number of carbonyl (C=O) groups is 3. The molecule has 0 atom stereocenters. The second-order valence-corrected chi connectivity index (χ2v) is 8.83. The van der Waals surface area contributed by atoms with Crippen molar-refractivity contribution in [2.24, 2.45) is 5.92 Å². The minimum Gasteiger partial charge on any atom is -0.481 e. The summed E-state index contributed by atoms with van der Waals surface area (Å²) in [6.07, 6.45) is 7.11. The summed E-state index contributed by atoms with van der Waals surface area (Å²) < 4.78 is 5.80. The standard InChI is InChI=1S/C20H24N2O5S2/c23-17(21-10-7-14(8-11-21)19(25)26)6-2-1-3-9-22-18(24)16(29-20(22)28)13-15-5-4-12-27-15/h4-5,12-14H,1-3,6-11H2,(H,25,26)/b16-13-. The highest BCUT2D eigenvalue weighted by Crippen LogP contribution is 2.32. The molecule has 7 nitrogen and oxygen atoms in total. The molecule has 2 fully saturated rings. The number of aliphatic carboxylic acids is 1. The summed E-state index contributed by atoms with van der Waals surface area (Å²) in [5.74, 6) is -0.497. The average Bonchev–Trinajstić information content (AvgIpc) is 3.31. The minimum absolute atomic E-state index is 0.0841. The van der Waals surface area contributed by atoms with Crippen molar-refractivity contribution in [3.8, 4) is 0 Å². The highest BCUT2D eigenvalue weighted by molar-refractivity contribution is 8.26. The van der Waals surface area contributed by atoms with Gasteiger partial charge in [-0.15, -0.1) is 0 Å². The van der Waals surface area contributed by atoms with Gasteiger partial charge >= 0.3 is 5.97 Å². The van der Waals surface area contributed by atoms with E-state index in [1.54, 1.807) is 34.3 Å². The molecule has 29 heavy (non-hydrogen) atoms. The van der Waals surface area contributed by atoms with Gasteiger partial charge in [-0.3, -0.25) is 19.3 Å². The van der Waals surface area contributed by atoms with Gasteiger partial charge in [0.2, 0.25) is 5.91 Å². The smallest absolute Gasteiger partial charge is 0.306 e. The molecule has 0 unspecified atom stereocenters. The minimum atomic E-state index is -0.771. The van der Waals surface area contributed by atoms with Gasteiger partial charge in [0.25, 0.3) is 5.91 Å². The fourth-order valence-corrected chi connectivity index (χ4v) is 4.74. The lowest BCUT2D eigenvalue weighted by Gasteiger charge is -2.30. The maximum Gasteiger partial charge on any atom is 0.306 e. The molecule has 3 rings (SSSR count). The molecule has 1 N–H and O–H groups in total. The Labute approximate surface area is 179 Å². The predicted octanol–water partition coefficient (Wildman–Crippen LogP) is 3.36. The normalized spacial score (nSPS) is 19.4. The molecule has 0 aliphatic carbocycles. The molecule has 2 saturated heterocycles. The summed E-state index contributed by atoms with van der Waals surface area (Å²) in [6.45, 7) is 1.58. The number of carboxylic acids is 1. The highest BCUT2D eigenvalue weighted by Gasteiger charge is 2.31. The van der Waals surface area contributed by atoms with E-state index in [1.165, 1.54) is 11.8 Å². The lowest BCUT2D eigenvalue weighted by molar-refractivity contribution is -0.145. The number of nitrogens with zero attached hydrogens (tertiary/aromatic N) is 2. The first-order valence-electron chi connectivity index (χ1n) is 9.75. The largest absolute Gasteiger partial charge is 0.481 e. The van der Waals surface area contributed by atoms with Crippen molar-refractivity contribution in [1.82, 2.24) is 9.80 Å². The van der Waals surface area contributed by atoms with E-state index in [-0.39, 0.29) is 17.7 Å². The average molecular weight is 437 g/mol. The summed E-state index contributed by atoms with van der Waals surface area (Å²) in [4.78, 5) is 39.7. The summed E-state index contributed by atoms with van der Waals surface area (Å²) >= 11 is 6.59. The van der Waals surface area contributed by atoms with Gasteiger partial charge in [-0.25, -0.2) is 0 Å². The maximum atomic E-state index is 12.5. The second-order valence-electron chi connectivity index (χ2n) is 7.15. The Kier molecular flexibility index (Phi) is 7.49. The van der Waals surface area contributed by atoms with E-state index >= 15 is 0 Å². The number of furan rings is 1. The zero-order valence-corrected chi connectivity index (χ0v) is 17.7. The molecule has 0 saturated carbocycles. The van der Waals surface area contributed by atoms with Crippen LogP contribution >= 0.6 is 24.0 Å². The molecule has 2 amide bonds. The third kappa shape index (κ3) is 5.70. The number of carboxylic acid groups (broad SMARTS) is 1. The van der Waals surface area contributed by atoms with E-state index < -0.39 is 5.97 Å². The molecule has 2 aliphatic rings. The number of rotatable bonds is 8. The Hall–Kier alpha value is -2.13. The van der Waals surface area contributed by atoms with Crippen molar-refractivity contribution in [1.29, 1.82) is 0 Å². The van der Waals surface area contributed by atoms with Gasteiger partial charge in [-0.05, 0) is 37.8 Å². The number of piperidine rings is 1. The summed E-state index contributed by atoms with van der Waals surface area (Å²) in [7, 11) is 0. The first kappa shape index (κ1) is 21.6. The van der Waals surface area contributed by atoms with Crippen LogP contribution in [0.25, 0.3) is 6.08 Å². The van der Waals surface area contributed by atoms with E-state index in [9.17, 15) is 14.4 Å². The fourth-order valence-electron chi connectivity index (χ4n) is 3.45.